The molecule has 2 aromatic rings. The number of thiophene rings is 1. The van der Waals surface area contributed by atoms with Gasteiger partial charge in [0.15, 0.2) is 0 Å². The summed E-state index contributed by atoms with van der Waals surface area (Å²) >= 11 is 17.1. The zero-order chi connectivity index (χ0) is 11.5. The average molecular weight is 336 g/mol. The van der Waals surface area contributed by atoms with Crippen molar-refractivity contribution < 1.29 is 0 Å². The second-order valence-corrected chi connectivity index (χ2v) is 6.73. The van der Waals surface area contributed by atoms with E-state index >= 15 is 0 Å². The fraction of sp³-hybridized carbons (Fsp3) is 0.167. The van der Waals surface area contributed by atoms with E-state index in [0.29, 0.717) is 4.83 Å². The molecule has 1 atom stereocenters. The number of hydrogen-bond acceptors (Lipinski definition) is 1. The van der Waals surface area contributed by atoms with Gasteiger partial charge in [0.25, 0.3) is 0 Å². The van der Waals surface area contributed by atoms with Gasteiger partial charge in [-0.1, -0.05) is 51.3 Å². The quantitative estimate of drug-likeness (QED) is 0.628. The largest absolute Gasteiger partial charge is 0.127 e. The van der Waals surface area contributed by atoms with E-state index in [1.54, 1.807) is 11.3 Å². The Morgan fingerprint density at radius 1 is 1.19 bits per heavy atom. The van der Waals surface area contributed by atoms with Crippen molar-refractivity contribution >= 4 is 50.5 Å². The molecule has 0 N–H and O–H groups in total. The molecule has 0 aliphatic heterocycles. The molecule has 0 spiro atoms. The molecule has 0 radical (unpaired) electrons. The van der Waals surface area contributed by atoms with Crippen LogP contribution in [0.5, 0.6) is 0 Å². The van der Waals surface area contributed by atoms with Crippen LogP contribution in [0.4, 0.5) is 0 Å². The van der Waals surface area contributed by atoms with Gasteiger partial charge in [-0.2, -0.15) is 0 Å². The Morgan fingerprint density at radius 2 is 2.00 bits per heavy atom. The molecule has 1 heterocycles. The summed E-state index contributed by atoms with van der Waals surface area (Å²) < 4.78 is 0.825. The van der Waals surface area contributed by atoms with Gasteiger partial charge in [-0.05, 0) is 36.2 Å². The topological polar surface area (TPSA) is 0 Å². The van der Waals surface area contributed by atoms with Crippen molar-refractivity contribution in [2.75, 3.05) is 0 Å². The maximum Gasteiger partial charge on any atom is 0.0931 e. The van der Waals surface area contributed by atoms with Crippen LogP contribution in [0.25, 0.3) is 0 Å². The van der Waals surface area contributed by atoms with Gasteiger partial charge in [0.2, 0.25) is 0 Å². The van der Waals surface area contributed by atoms with Crippen LogP contribution in [-0.2, 0) is 6.42 Å². The van der Waals surface area contributed by atoms with Crippen molar-refractivity contribution in [3.8, 4) is 0 Å². The first kappa shape index (κ1) is 12.4. The summed E-state index contributed by atoms with van der Waals surface area (Å²) in [5.41, 5.74) is 1.22. The minimum absolute atomic E-state index is 0.295. The van der Waals surface area contributed by atoms with Crippen LogP contribution < -0.4 is 0 Å². The lowest BCUT2D eigenvalue weighted by Crippen LogP contribution is -1.92. The lowest BCUT2D eigenvalue weighted by molar-refractivity contribution is 0.970. The Hall–Kier alpha value is -0.0200. The second kappa shape index (κ2) is 5.54. The molecule has 0 amide bonds. The molecule has 0 aliphatic carbocycles. The van der Waals surface area contributed by atoms with E-state index in [4.69, 9.17) is 23.2 Å². The predicted octanol–water partition coefficient (Wildman–Crippen LogP) is 5.73. The van der Waals surface area contributed by atoms with Crippen LogP contribution in [0, 0.1) is 0 Å². The van der Waals surface area contributed by atoms with Crippen molar-refractivity contribution in [1.29, 1.82) is 0 Å². The number of alkyl halides is 1. The van der Waals surface area contributed by atoms with E-state index in [2.05, 4.69) is 28.1 Å². The zero-order valence-electron chi connectivity index (χ0n) is 8.29. The van der Waals surface area contributed by atoms with Gasteiger partial charge >= 0.3 is 0 Å². The maximum atomic E-state index is 5.94. The number of rotatable bonds is 3. The molecule has 1 unspecified atom stereocenters. The highest BCUT2D eigenvalue weighted by molar-refractivity contribution is 9.09. The van der Waals surface area contributed by atoms with Crippen LogP contribution in [0.2, 0.25) is 9.36 Å². The van der Waals surface area contributed by atoms with Gasteiger partial charge < -0.3 is 0 Å². The van der Waals surface area contributed by atoms with Gasteiger partial charge in [-0.15, -0.1) is 11.3 Å². The molecule has 0 nitrogen and oxygen atoms in total. The summed E-state index contributed by atoms with van der Waals surface area (Å²) in [5.74, 6) is 0. The van der Waals surface area contributed by atoms with E-state index in [1.807, 2.05) is 24.3 Å². The predicted molar refractivity (Wildman–Crippen MR) is 76.2 cm³/mol. The number of halogens is 3. The van der Waals surface area contributed by atoms with Crippen molar-refractivity contribution in [2.24, 2.45) is 0 Å². The average Bonchev–Trinajstić information content (AvgIpc) is 2.65. The van der Waals surface area contributed by atoms with E-state index in [9.17, 15) is 0 Å². The number of benzene rings is 1. The fourth-order valence-corrected chi connectivity index (χ4v) is 3.53. The van der Waals surface area contributed by atoms with Crippen molar-refractivity contribution in [1.82, 2.24) is 0 Å². The minimum atomic E-state index is 0.295. The van der Waals surface area contributed by atoms with E-state index in [0.717, 1.165) is 15.8 Å². The summed E-state index contributed by atoms with van der Waals surface area (Å²) in [4.78, 5) is 1.54. The molecule has 0 saturated heterocycles. The molecule has 84 valence electrons. The zero-order valence-corrected chi connectivity index (χ0v) is 12.2. The maximum absolute atomic E-state index is 5.94. The van der Waals surface area contributed by atoms with Gasteiger partial charge in [-0.25, -0.2) is 0 Å². The minimum Gasteiger partial charge on any atom is -0.127 e. The van der Waals surface area contributed by atoms with E-state index < -0.39 is 0 Å². The molecular weight excluding hydrogens is 327 g/mol. The van der Waals surface area contributed by atoms with Crippen LogP contribution in [0.3, 0.4) is 0 Å². The lowest BCUT2D eigenvalue weighted by atomic mass is 10.1. The molecule has 1 aromatic carbocycles. The first-order chi connectivity index (χ1) is 7.65. The summed E-state index contributed by atoms with van der Waals surface area (Å²) in [6, 6.07) is 11.9. The van der Waals surface area contributed by atoms with Crippen molar-refractivity contribution in [3.63, 3.8) is 0 Å². The van der Waals surface area contributed by atoms with Gasteiger partial charge in [-0.3, -0.25) is 0 Å². The van der Waals surface area contributed by atoms with Crippen molar-refractivity contribution in [2.45, 2.75) is 11.2 Å². The first-order valence-electron chi connectivity index (χ1n) is 4.79. The Kier molecular flexibility index (Phi) is 4.31. The Bertz CT molecular complexity index is 481. The summed E-state index contributed by atoms with van der Waals surface area (Å²) in [7, 11) is 0. The highest BCUT2D eigenvalue weighted by Crippen LogP contribution is 2.34. The second-order valence-electron chi connectivity index (χ2n) is 3.44. The Labute approximate surface area is 117 Å². The summed E-state index contributed by atoms with van der Waals surface area (Å²) in [6.07, 6.45) is 0.914. The highest BCUT2D eigenvalue weighted by Gasteiger charge is 2.11. The molecule has 2 rings (SSSR count). The smallest absolute Gasteiger partial charge is 0.0931 e. The van der Waals surface area contributed by atoms with E-state index in [1.165, 1.54) is 10.4 Å². The first-order valence-corrected chi connectivity index (χ1v) is 7.28. The SMILES string of the molecule is Clc1cccc(CC(Br)c2ccc(Cl)s2)c1. The van der Waals surface area contributed by atoms with Gasteiger partial charge in [0.05, 0.1) is 9.16 Å². The van der Waals surface area contributed by atoms with Crippen LogP contribution in [0.1, 0.15) is 15.3 Å². The fourth-order valence-electron chi connectivity index (χ4n) is 1.47. The van der Waals surface area contributed by atoms with Crippen LogP contribution in [0.15, 0.2) is 36.4 Å². The molecule has 4 heteroatoms. The third kappa shape index (κ3) is 3.24. The summed E-state index contributed by atoms with van der Waals surface area (Å²) in [5, 5.41) is 0.779. The number of hydrogen-bond donors (Lipinski definition) is 0. The van der Waals surface area contributed by atoms with Gasteiger partial charge in [0.1, 0.15) is 0 Å². The Balaban J connectivity index is 2.10. The lowest BCUT2D eigenvalue weighted by Gasteiger charge is -2.07. The molecule has 0 fully saturated rings. The standard InChI is InChI=1S/C12H9BrCl2S/c13-10(11-4-5-12(15)16-11)7-8-2-1-3-9(14)6-8/h1-6,10H,7H2. The molecular formula is C12H9BrCl2S. The van der Waals surface area contributed by atoms with Crippen LogP contribution >= 0.6 is 50.5 Å². The normalized spacial score (nSPS) is 12.7. The molecule has 0 aliphatic rings. The molecule has 0 saturated carbocycles. The molecule has 1 aromatic heterocycles. The monoisotopic (exact) mass is 334 g/mol. The molecule has 0 bridgehead atoms. The molecule has 16 heavy (non-hydrogen) atoms. The Morgan fingerprint density at radius 3 is 2.62 bits per heavy atom. The van der Waals surface area contributed by atoms with Crippen molar-refractivity contribution in [3.05, 3.63) is 56.2 Å². The van der Waals surface area contributed by atoms with Crippen LogP contribution in [-0.4, -0.2) is 0 Å². The third-order valence-electron chi connectivity index (χ3n) is 2.21. The van der Waals surface area contributed by atoms with Gasteiger partial charge in [0, 0.05) is 9.90 Å². The highest BCUT2D eigenvalue weighted by atomic mass is 79.9. The van der Waals surface area contributed by atoms with E-state index in [-0.39, 0.29) is 0 Å². The summed E-state index contributed by atoms with van der Waals surface area (Å²) in [6.45, 7) is 0. The third-order valence-corrected chi connectivity index (χ3v) is 4.91.